The molecule has 0 N–H and O–H groups in total. The highest BCUT2D eigenvalue weighted by atomic mass is 35.5. The summed E-state index contributed by atoms with van der Waals surface area (Å²) in [6, 6.07) is 11.8. The number of fused-ring (bicyclic) bond motifs is 1. The van der Waals surface area contributed by atoms with Crippen molar-refractivity contribution in [3.8, 4) is 5.75 Å². The van der Waals surface area contributed by atoms with Crippen LogP contribution in [0, 0.1) is 10.1 Å². The Kier molecular flexibility index (Phi) is 8.73. The van der Waals surface area contributed by atoms with Crippen LogP contribution in [0.15, 0.2) is 42.5 Å². The number of carbonyl (C=O) groups is 1. The van der Waals surface area contributed by atoms with Gasteiger partial charge in [-0.2, -0.15) is 0 Å². The summed E-state index contributed by atoms with van der Waals surface area (Å²) in [6.07, 6.45) is 0.139. The number of nitro groups is 1. The molecule has 0 atom stereocenters. The number of aromatic nitrogens is 1. The Balaban J connectivity index is 0.00000341. The highest BCUT2D eigenvalue weighted by Gasteiger charge is 2.21. The number of likely N-dealkylation sites (N-methyl/N-ethyl adjacent to an activating group) is 1. The number of carbonyl (C=O) groups excluding carboxylic acids is 1. The molecule has 31 heavy (non-hydrogen) atoms. The maximum atomic E-state index is 13.1. The third-order valence-electron chi connectivity index (χ3n) is 4.48. The molecule has 1 amide bonds. The smallest absolute Gasteiger partial charge is 0.269 e. The van der Waals surface area contributed by atoms with Gasteiger partial charge in [-0.25, -0.2) is 4.98 Å². The number of benzene rings is 2. The molecule has 166 valence electrons. The fraction of sp³-hybridized carbons (Fsp3) is 0.333. The molecule has 1 aromatic heterocycles. The van der Waals surface area contributed by atoms with E-state index in [-0.39, 0.29) is 30.4 Å². The Bertz CT molecular complexity index is 1040. The van der Waals surface area contributed by atoms with Gasteiger partial charge in [-0.05, 0) is 38.7 Å². The lowest BCUT2D eigenvalue weighted by molar-refractivity contribution is -0.384. The summed E-state index contributed by atoms with van der Waals surface area (Å²) in [5, 5.41) is 11.5. The van der Waals surface area contributed by atoms with E-state index in [1.54, 1.807) is 17.0 Å². The lowest BCUT2D eigenvalue weighted by Gasteiger charge is -2.22. The molecule has 0 aliphatic carbocycles. The molecule has 0 bridgehead atoms. The third-order valence-corrected chi connectivity index (χ3v) is 5.52. The molecule has 0 saturated carbocycles. The number of ether oxygens (including phenoxy) is 1. The summed E-state index contributed by atoms with van der Waals surface area (Å²) in [5.74, 6) is 0.593. The second-order valence-corrected chi connectivity index (χ2v) is 7.99. The molecular formula is C21H25ClN4O4S. The summed E-state index contributed by atoms with van der Waals surface area (Å²) >= 11 is 1.45. The molecule has 0 fully saturated rings. The topological polar surface area (TPSA) is 88.8 Å². The first kappa shape index (κ1) is 24.5. The van der Waals surface area contributed by atoms with Gasteiger partial charge in [0.25, 0.3) is 5.69 Å². The zero-order valence-corrected chi connectivity index (χ0v) is 19.2. The molecule has 3 rings (SSSR count). The number of para-hydroxylation sites is 1. The van der Waals surface area contributed by atoms with E-state index in [0.29, 0.717) is 30.6 Å². The highest BCUT2D eigenvalue weighted by molar-refractivity contribution is 7.22. The molecule has 0 aliphatic rings. The maximum absolute atomic E-state index is 13.1. The van der Waals surface area contributed by atoms with E-state index in [0.717, 1.165) is 15.8 Å². The maximum Gasteiger partial charge on any atom is 0.269 e. The number of thiazole rings is 1. The average molecular weight is 465 g/mol. The van der Waals surface area contributed by atoms with Gasteiger partial charge in [-0.1, -0.05) is 29.5 Å². The van der Waals surface area contributed by atoms with E-state index >= 15 is 0 Å². The molecule has 2 aromatic carbocycles. The zero-order chi connectivity index (χ0) is 21.7. The van der Waals surface area contributed by atoms with Crippen LogP contribution < -0.4 is 9.64 Å². The number of nitrogens with zero attached hydrogens (tertiary/aromatic N) is 4. The SMILES string of the molecule is CCOc1cccc2sc(N(CCN(C)C)C(=O)Cc3ccc([N+](=O)[O-])cc3)nc12.Cl. The van der Waals surface area contributed by atoms with Crippen molar-refractivity contribution in [1.29, 1.82) is 0 Å². The Morgan fingerprint density at radius 1 is 1.16 bits per heavy atom. The minimum Gasteiger partial charge on any atom is -0.492 e. The fourth-order valence-corrected chi connectivity index (χ4v) is 3.96. The van der Waals surface area contributed by atoms with E-state index in [1.165, 1.54) is 23.5 Å². The zero-order valence-electron chi connectivity index (χ0n) is 17.6. The second kappa shape index (κ2) is 11.0. The molecule has 0 spiro atoms. The quantitative estimate of drug-likeness (QED) is 0.349. The minimum absolute atomic E-state index is 0. The molecular weight excluding hydrogens is 440 g/mol. The van der Waals surface area contributed by atoms with E-state index in [2.05, 4.69) is 0 Å². The van der Waals surface area contributed by atoms with Crippen molar-refractivity contribution in [3.63, 3.8) is 0 Å². The molecule has 1 heterocycles. The third kappa shape index (κ3) is 6.13. The van der Waals surface area contributed by atoms with E-state index in [9.17, 15) is 14.9 Å². The number of hydrogen-bond acceptors (Lipinski definition) is 7. The lowest BCUT2D eigenvalue weighted by atomic mass is 10.1. The summed E-state index contributed by atoms with van der Waals surface area (Å²) in [7, 11) is 3.90. The van der Waals surface area contributed by atoms with E-state index in [4.69, 9.17) is 9.72 Å². The van der Waals surface area contributed by atoms with Gasteiger partial charge >= 0.3 is 0 Å². The number of rotatable bonds is 9. The molecule has 0 unspecified atom stereocenters. The van der Waals surface area contributed by atoms with Crippen LogP contribution in [0.2, 0.25) is 0 Å². The number of hydrogen-bond donors (Lipinski definition) is 0. The van der Waals surface area contributed by atoms with Crippen LogP contribution in [0.5, 0.6) is 5.75 Å². The van der Waals surface area contributed by atoms with Crippen molar-refractivity contribution in [2.45, 2.75) is 13.3 Å². The van der Waals surface area contributed by atoms with Crippen molar-refractivity contribution < 1.29 is 14.5 Å². The first-order chi connectivity index (χ1) is 14.4. The van der Waals surface area contributed by atoms with E-state index < -0.39 is 4.92 Å². The van der Waals surface area contributed by atoms with Crippen molar-refractivity contribution in [3.05, 3.63) is 58.1 Å². The van der Waals surface area contributed by atoms with Crippen molar-refractivity contribution >= 4 is 50.7 Å². The van der Waals surface area contributed by atoms with Crippen molar-refractivity contribution in [1.82, 2.24) is 9.88 Å². The number of anilines is 1. The van der Waals surface area contributed by atoms with Gasteiger partial charge in [0.15, 0.2) is 5.13 Å². The number of non-ortho nitro benzene ring substituents is 1. The van der Waals surface area contributed by atoms with Crippen molar-refractivity contribution in [2.75, 3.05) is 38.7 Å². The first-order valence-corrected chi connectivity index (χ1v) is 10.4. The Morgan fingerprint density at radius 2 is 1.87 bits per heavy atom. The standard InChI is InChI=1S/C21H24N4O4S.ClH/c1-4-29-17-6-5-7-18-20(17)22-21(30-18)24(13-12-23(2)3)19(26)14-15-8-10-16(11-9-15)25(27)28;/h5-11H,4,12-14H2,1-3H3;1H. The highest BCUT2D eigenvalue weighted by Crippen LogP contribution is 2.34. The van der Waals surface area contributed by atoms with Gasteiger partial charge in [0.05, 0.1) is 22.7 Å². The van der Waals surface area contributed by atoms with Crippen LogP contribution in [-0.2, 0) is 11.2 Å². The lowest BCUT2D eigenvalue weighted by Crippen LogP contribution is -2.37. The van der Waals surface area contributed by atoms with Crippen LogP contribution in [0.3, 0.4) is 0 Å². The molecule has 10 heteroatoms. The number of halogens is 1. The monoisotopic (exact) mass is 464 g/mol. The number of amides is 1. The summed E-state index contributed by atoms with van der Waals surface area (Å²) < 4.78 is 6.63. The predicted molar refractivity (Wildman–Crippen MR) is 126 cm³/mol. The fourth-order valence-electron chi connectivity index (χ4n) is 2.93. The Morgan fingerprint density at radius 3 is 2.48 bits per heavy atom. The normalized spacial score (nSPS) is 10.7. The second-order valence-electron chi connectivity index (χ2n) is 6.98. The first-order valence-electron chi connectivity index (χ1n) is 9.59. The van der Waals surface area contributed by atoms with Gasteiger partial charge in [-0.15, -0.1) is 12.4 Å². The van der Waals surface area contributed by atoms with Crippen LogP contribution in [0.1, 0.15) is 12.5 Å². The van der Waals surface area contributed by atoms with Gasteiger partial charge < -0.3 is 9.64 Å². The molecule has 0 radical (unpaired) electrons. The van der Waals surface area contributed by atoms with E-state index in [1.807, 2.05) is 44.1 Å². The van der Waals surface area contributed by atoms with Gasteiger partial charge in [0, 0.05) is 25.2 Å². The number of nitro benzene ring substituents is 1. The molecule has 8 nitrogen and oxygen atoms in total. The summed E-state index contributed by atoms with van der Waals surface area (Å²) in [5.41, 5.74) is 1.47. The van der Waals surface area contributed by atoms with Crippen LogP contribution in [0.25, 0.3) is 10.2 Å². The van der Waals surface area contributed by atoms with Gasteiger partial charge in [0.2, 0.25) is 5.91 Å². The largest absolute Gasteiger partial charge is 0.492 e. The van der Waals surface area contributed by atoms with Crippen molar-refractivity contribution in [2.24, 2.45) is 0 Å². The van der Waals surface area contributed by atoms with Gasteiger partial charge in [0.1, 0.15) is 11.3 Å². The van der Waals surface area contributed by atoms with Crippen LogP contribution in [-0.4, -0.2) is 54.5 Å². The molecule has 0 saturated heterocycles. The average Bonchev–Trinajstić information content (AvgIpc) is 3.13. The van der Waals surface area contributed by atoms with Crippen LogP contribution >= 0.6 is 23.7 Å². The minimum atomic E-state index is -0.452. The molecule has 0 aliphatic heterocycles. The van der Waals surface area contributed by atoms with Crippen LogP contribution in [0.4, 0.5) is 10.8 Å². The van der Waals surface area contributed by atoms with Gasteiger partial charge in [-0.3, -0.25) is 19.8 Å². The summed E-state index contributed by atoms with van der Waals surface area (Å²) in [4.78, 5) is 31.9. The molecule has 3 aromatic rings. The Labute approximate surface area is 191 Å². The Hall–Kier alpha value is -2.75. The predicted octanol–water partition coefficient (Wildman–Crippen LogP) is 4.16. The summed E-state index contributed by atoms with van der Waals surface area (Å²) in [6.45, 7) is 3.63.